The van der Waals surface area contributed by atoms with E-state index in [1.54, 1.807) is 17.2 Å². The van der Waals surface area contributed by atoms with Crippen LogP contribution < -0.4 is 10.2 Å². The van der Waals surface area contributed by atoms with Gasteiger partial charge in [-0.3, -0.25) is 14.9 Å². The van der Waals surface area contributed by atoms with Crippen LogP contribution in [0.1, 0.15) is 42.5 Å². The molecule has 1 N–H and O–H groups in total. The Morgan fingerprint density at radius 3 is 2.78 bits per heavy atom. The zero-order chi connectivity index (χ0) is 18.8. The molecule has 3 aliphatic rings. The average molecular weight is 365 g/mol. The quantitative estimate of drug-likeness (QED) is 0.660. The predicted octanol–water partition coefficient (Wildman–Crippen LogP) is 2.85. The number of fused-ring (bicyclic) bond motifs is 2. The van der Waals surface area contributed by atoms with Crippen molar-refractivity contribution in [1.82, 2.24) is 9.97 Å². The predicted molar refractivity (Wildman–Crippen MR) is 98.6 cm³/mol. The molecular weight excluding hydrogens is 346 g/mol. The highest BCUT2D eigenvalue weighted by Gasteiger charge is 2.58. The van der Waals surface area contributed by atoms with E-state index in [1.165, 1.54) is 12.1 Å². The lowest BCUT2D eigenvalue weighted by Gasteiger charge is -2.34. The number of aromatic nitrogens is 2. The second-order valence-electron chi connectivity index (χ2n) is 7.69. The molecule has 0 radical (unpaired) electrons. The van der Waals surface area contributed by atoms with Gasteiger partial charge in [0.05, 0.1) is 28.3 Å². The fourth-order valence-corrected chi connectivity index (χ4v) is 3.79. The summed E-state index contributed by atoms with van der Waals surface area (Å²) in [6.07, 6.45) is 5.56. The van der Waals surface area contributed by atoms with Crippen molar-refractivity contribution in [2.24, 2.45) is 0 Å². The largest absolute Gasteiger partial charge is 0.351 e. The van der Waals surface area contributed by atoms with E-state index >= 15 is 0 Å². The molecule has 2 saturated carbocycles. The Balaban J connectivity index is 1.55. The molecular formula is C19H19N5O3. The highest BCUT2D eigenvalue weighted by Crippen LogP contribution is 2.53. The molecule has 2 heterocycles. The van der Waals surface area contributed by atoms with Gasteiger partial charge in [0.25, 0.3) is 5.69 Å². The molecule has 2 aromatic rings. The van der Waals surface area contributed by atoms with Crippen molar-refractivity contribution >= 4 is 23.2 Å². The minimum atomic E-state index is -0.604. The van der Waals surface area contributed by atoms with Crippen LogP contribution in [0.2, 0.25) is 0 Å². The van der Waals surface area contributed by atoms with E-state index in [4.69, 9.17) is 0 Å². The molecule has 2 aliphatic carbocycles. The monoisotopic (exact) mass is 365 g/mol. The number of carbonyl (C=O) groups is 1. The van der Waals surface area contributed by atoms with Crippen LogP contribution in [0.5, 0.6) is 0 Å². The SMILES string of the molecule is Cc1ccc([N+](=O)[O-])cc1N1Cc2cnc(NC3CC3)nc2C2(CC2)C1=O. The van der Waals surface area contributed by atoms with Crippen LogP contribution in [0.15, 0.2) is 24.4 Å². The molecule has 1 aromatic carbocycles. The lowest BCUT2D eigenvalue weighted by atomic mass is 9.91. The second kappa shape index (κ2) is 5.48. The molecule has 1 amide bonds. The van der Waals surface area contributed by atoms with Crippen molar-refractivity contribution in [3.63, 3.8) is 0 Å². The van der Waals surface area contributed by atoms with Crippen molar-refractivity contribution in [2.75, 3.05) is 10.2 Å². The van der Waals surface area contributed by atoms with E-state index in [0.717, 1.165) is 42.5 Å². The number of non-ortho nitro benzene ring substituents is 1. The topological polar surface area (TPSA) is 101 Å². The zero-order valence-electron chi connectivity index (χ0n) is 14.9. The summed E-state index contributed by atoms with van der Waals surface area (Å²) in [6.45, 7) is 2.20. The molecule has 2 fully saturated rings. The molecule has 138 valence electrons. The van der Waals surface area contributed by atoms with Crippen molar-refractivity contribution in [2.45, 2.75) is 50.6 Å². The second-order valence-corrected chi connectivity index (χ2v) is 7.69. The van der Waals surface area contributed by atoms with Crippen LogP contribution in [0, 0.1) is 17.0 Å². The lowest BCUT2D eigenvalue weighted by molar-refractivity contribution is -0.384. The maximum absolute atomic E-state index is 13.3. The molecule has 1 spiro atoms. The lowest BCUT2D eigenvalue weighted by Crippen LogP contribution is -2.45. The number of amides is 1. The fraction of sp³-hybridized carbons (Fsp3) is 0.421. The molecule has 5 rings (SSSR count). The minimum absolute atomic E-state index is 0.0146. The van der Waals surface area contributed by atoms with E-state index in [1.807, 2.05) is 6.92 Å². The third-order valence-electron chi connectivity index (χ3n) is 5.66. The van der Waals surface area contributed by atoms with Gasteiger partial charge in [0.15, 0.2) is 0 Å². The molecule has 0 unspecified atom stereocenters. The molecule has 8 heteroatoms. The van der Waals surface area contributed by atoms with Gasteiger partial charge in [-0.25, -0.2) is 9.97 Å². The molecule has 0 saturated heterocycles. The van der Waals surface area contributed by atoms with Gasteiger partial charge >= 0.3 is 0 Å². The first kappa shape index (κ1) is 16.2. The van der Waals surface area contributed by atoms with Gasteiger partial charge in [0, 0.05) is 29.9 Å². The summed E-state index contributed by atoms with van der Waals surface area (Å²) in [6, 6.07) is 5.08. The number of hydrogen-bond donors (Lipinski definition) is 1. The highest BCUT2D eigenvalue weighted by molar-refractivity contribution is 6.05. The third kappa shape index (κ3) is 2.55. The first-order valence-electron chi connectivity index (χ1n) is 9.18. The maximum atomic E-state index is 13.3. The summed E-state index contributed by atoms with van der Waals surface area (Å²) in [5, 5.41) is 14.5. The number of nitrogens with zero attached hydrogens (tertiary/aromatic N) is 4. The highest BCUT2D eigenvalue weighted by atomic mass is 16.6. The average Bonchev–Trinajstić information content (AvgIpc) is 3.55. The number of hydrogen-bond acceptors (Lipinski definition) is 6. The van der Waals surface area contributed by atoms with E-state index in [9.17, 15) is 14.9 Å². The van der Waals surface area contributed by atoms with Crippen molar-refractivity contribution in [3.8, 4) is 0 Å². The number of nitro groups is 1. The van der Waals surface area contributed by atoms with Gasteiger partial charge in [0.2, 0.25) is 11.9 Å². The van der Waals surface area contributed by atoms with Crippen LogP contribution in [0.25, 0.3) is 0 Å². The number of nitrogens with one attached hydrogen (secondary N) is 1. The van der Waals surface area contributed by atoms with E-state index in [2.05, 4.69) is 15.3 Å². The Kier molecular flexibility index (Phi) is 3.28. The Bertz CT molecular complexity index is 981. The third-order valence-corrected chi connectivity index (χ3v) is 5.66. The van der Waals surface area contributed by atoms with Gasteiger partial charge in [-0.05, 0) is 38.2 Å². The number of carbonyl (C=O) groups excluding carboxylic acids is 1. The summed E-state index contributed by atoms with van der Waals surface area (Å²) >= 11 is 0. The van der Waals surface area contributed by atoms with Crippen molar-refractivity contribution in [1.29, 1.82) is 0 Å². The van der Waals surface area contributed by atoms with Gasteiger partial charge in [-0.1, -0.05) is 6.07 Å². The van der Waals surface area contributed by atoms with Gasteiger partial charge in [-0.15, -0.1) is 0 Å². The van der Waals surface area contributed by atoms with Gasteiger partial charge < -0.3 is 10.2 Å². The molecule has 0 atom stereocenters. The summed E-state index contributed by atoms with van der Waals surface area (Å²) in [5.74, 6) is 0.574. The molecule has 8 nitrogen and oxygen atoms in total. The molecule has 1 aliphatic heterocycles. The van der Waals surface area contributed by atoms with E-state index < -0.39 is 10.3 Å². The standard InChI is InChI=1S/C19H19N5O3/c1-11-2-5-14(24(26)27)8-15(11)23-10-12-9-20-18(21-13-3-4-13)22-16(12)19(6-7-19)17(23)25/h2,5,8-9,13H,3-4,6-7,10H2,1H3,(H,20,21,22). The van der Waals surface area contributed by atoms with E-state index in [-0.39, 0.29) is 11.6 Å². The summed E-state index contributed by atoms with van der Waals surface area (Å²) in [4.78, 5) is 34.8. The Labute approximate surface area is 155 Å². The van der Waals surface area contributed by atoms with Crippen LogP contribution in [-0.2, 0) is 16.8 Å². The Morgan fingerprint density at radius 1 is 1.33 bits per heavy atom. The number of aryl methyl sites for hydroxylation is 1. The number of rotatable bonds is 4. The van der Waals surface area contributed by atoms with Gasteiger partial charge in [0.1, 0.15) is 0 Å². The van der Waals surface area contributed by atoms with E-state index in [0.29, 0.717) is 24.2 Å². The minimum Gasteiger partial charge on any atom is -0.351 e. The first-order chi connectivity index (χ1) is 13.0. The number of benzene rings is 1. The molecule has 27 heavy (non-hydrogen) atoms. The Morgan fingerprint density at radius 2 is 2.11 bits per heavy atom. The zero-order valence-corrected chi connectivity index (χ0v) is 14.9. The van der Waals surface area contributed by atoms with Crippen molar-refractivity contribution in [3.05, 3.63) is 51.3 Å². The first-order valence-corrected chi connectivity index (χ1v) is 9.18. The molecule has 0 bridgehead atoms. The number of nitro benzene ring substituents is 1. The van der Waals surface area contributed by atoms with Crippen LogP contribution >= 0.6 is 0 Å². The van der Waals surface area contributed by atoms with Crippen LogP contribution in [0.4, 0.5) is 17.3 Å². The Hall–Kier alpha value is -3.03. The number of anilines is 2. The maximum Gasteiger partial charge on any atom is 0.271 e. The summed E-state index contributed by atoms with van der Waals surface area (Å²) in [5.41, 5.74) is 2.55. The summed E-state index contributed by atoms with van der Waals surface area (Å²) in [7, 11) is 0. The normalized spacial score (nSPS) is 19.7. The smallest absolute Gasteiger partial charge is 0.271 e. The summed E-state index contributed by atoms with van der Waals surface area (Å²) < 4.78 is 0. The molecule has 1 aromatic heterocycles. The van der Waals surface area contributed by atoms with Crippen molar-refractivity contribution < 1.29 is 9.72 Å². The van der Waals surface area contributed by atoms with Gasteiger partial charge in [-0.2, -0.15) is 0 Å². The van der Waals surface area contributed by atoms with Crippen LogP contribution in [0.3, 0.4) is 0 Å². The van der Waals surface area contributed by atoms with Crippen LogP contribution in [-0.4, -0.2) is 26.8 Å². The fourth-order valence-electron chi connectivity index (χ4n) is 3.79.